The Hall–Kier alpha value is -2.24. The predicted octanol–water partition coefficient (Wildman–Crippen LogP) is 3.83. The van der Waals surface area contributed by atoms with Crippen molar-refractivity contribution in [2.45, 2.75) is 57.4 Å². The Morgan fingerprint density at radius 2 is 2.04 bits per heavy atom. The zero-order chi connectivity index (χ0) is 17.4. The molecule has 1 aliphatic carbocycles. The summed E-state index contributed by atoms with van der Waals surface area (Å²) in [6.07, 6.45) is 6.28. The Kier molecular flexibility index (Phi) is 4.27. The van der Waals surface area contributed by atoms with Crippen LogP contribution in [0.4, 0.5) is 4.39 Å². The number of carbonyl (C=O) groups excluding carboxylic acids is 1. The maximum Gasteiger partial charge on any atom is 0.258 e. The number of nitrogens with zero attached hydrogens (tertiary/aromatic N) is 3. The minimum Gasteiger partial charge on any atom is -0.339 e. The number of hydrogen-bond acceptors (Lipinski definition) is 4. The van der Waals surface area contributed by atoms with Crippen LogP contribution in [0.15, 0.2) is 22.7 Å². The molecule has 4 rings (SSSR count). The fraction of sp³-hybridized carbons (Fsp3) is 0.526. The van der Waals surface area contributed by atoms with E-state index < -0.39 is 0 Å². The van der Waals surface area contributed by atoms with Crippen LogP contribution < -0.4 is 0 Å². The second-order valence-electron chi connectivity index (χ2n) is 7.16. The van der Waals surface area contributed by atoms with Gasteiger partial charge in [-0.05, 0) is 37.5 Å². The van der Waals surface area contributed by atoms with E-state index in [1.165, 1.54) is 25.3 Å². The van der Waals surface area contributed by atoms with Gasteiger partial charge in [-0.1, -0.05) is 30.5 Å². The molecule has 2 aromatic rings. The van der Waals surface area contributed by atoms with Gasteiger partial charge in [0.2, 0.25) is 5.91 Å². The van der Waals surface area contributed by atoms with Crippen LogP contribution in [-0.2, 0) is 4.79 Å². The van der Waals surface area contributed by atoms with Crippen LogP contribution in [0.5, 0.6) is 0 Å². The van der Waals surface area contributed by atoms with Crippen LogP contribution in [-0.4, -0.2) is 33.5 Å². The van der Waals surface area contributed by atoms with Crippen molar-refractivity contribution in [1.29, 1.82) is 0 Å². The summed E-state index contributed by atoms with van der Waals surface area (Å²) in [6.45, 7) is 2.37. The van der Waals surface area contributed by atoms with Gasteiger partial charge in [-0.15, -0.1) is 0 Å². The third-order valence-corrected chi connectivity index (χ3v) is 5.40. The van der Waals surface area contributed by atoms with Crippen molar-refractivity contribution in [2.75, 3.05) is 6.54 Å². The fourth-order valence-corrected chi connectivity index (χ4v) is 3.89. The summed E-state index contributed by atoms with van der Waals surface area (Å²) in [6, 6.07) is 5.23. The van der Waals surface area contributed by atoms with Crippen molar-refractivity contribution in [3.8, 4) is 11.5 Å². The third kappa shape index (κ3) is 3.17. The first kappa shape index (κ1) is 16.2. The lowest BCUT2D eigenvalue weighted by Gasteiger charge is -2.31. The molecule has 0 spiro atoms. The molecule has 2 fully saturated rings. The van der Waals surface area contributed by atoms with Crippen molar-refractivity contribution in [1.82, 2.24) is 15.0 Å². The van der Waals surface area contributed by atoms with Crippen molar-refractivity contribution in [2.24, 2.45) is 0 Å². The zero-order valence-corrected chi connectivity index (χ0v) is 14.4. The molecule has 6 heteroatoms. The lowest BCUT2D eigenvalue weighted by molar-refractivity contribution is -0.130. The quantitative estimate of drug-likeness (QED) is 0.850. The largest absolute Gasteiger partial charge is 0.339 e. The van der Waals surface area contributed by atoms with E-state index in [0.29, 0.717) is 41.8 Å². The Morgan fingerprint density at radius 1 is 1.24 bits per heavy atom. The van der Waals surface area contributed by atoms with E-state index >= 15 is 0 Å². The number of carbonyl (C=O) groups is 1. The first-order valence-electron chi connectivity index (χ1n) is 9.01. The van der Waals surface area contributed by atoms with Gasteiger partial charge >= 0.3 is 0 Å². The minimum atomic E-state index is -0.295. The van der Waals surface area contributed by atoms with Gasteiger partial charge < -0.3 is 9.42 Å². The average molecular weight is 343 g/mol. The first-order chi connectivity index (χ1) is 12.1. The molecule has 25 heavy (non-hydrogen) atoms. The summed E-state index contributed by atoms with van der Waals surface area (Å²) in [5.41, 5.74) is 1.14. The molecule has 1 aliphatic heterocycles. The topological polar surface area (TPSA) is 59.2 Å². The third-order valence-electron chi connectivity index (χ3n) is 5.40. The maximum absolute atomic E-state index is 13.7. The normalized spacial score (nSPS) is 21.9. The summed E-state index contributed by atoms with van der Waals surface area (Å²) in [5.74, 6) is 0.698. The first-order valence-corrected chi connectivity index (χ1v) is 9.01. The molecule has 1 saturated heterocycles. The van der Waals surface area contributed by atoms with E-state index in [0.717, 1.165) is 12.8 Å². The molecule has 5 nitrogen and oxygen atoms in total. The molecular weight excluding hydrogens is 321 g/mol. The molecule has 132 valence electrons. The van der Waals surface area contributed by atoms with Crippen LogP contribution >= 0.6 is 0 Å². The van der Waals surface area contributed by atoms with E-state index in [-0.39, 0.29) is 17.6 Å². The van der Waals surface area contributed by atoms with E-state index in [4.69, 9.17) is 4.52 Å². The lowest BCUT2D eigenvalue weighted by atomic mass is 9.94. The molecule has 1 amide bonds. The van der Waals surface area contributed by atoms with Crippen molar-refractivity contribution in [3.63, 3.8) is 0 Å². The summed E-state index contributed by atoms with van der Waals surface area (Å²) < 4.78 is 19.1. The fourth-order valence-electron chi connectivity index (χ4n) is 3.89. The van der Waals surface area contributed by atoms with E-state index in [2.05, 4.69) is 10.1 Å². The molecule has 0 unspecified atom stereocenters. The highest BCUT2D eigenvalue weighted by Gasteiger charge is 2.37. The van der Waals surface area contributed by atoms with Gasteiger partial charge in [-0.25, -0.2) is 4.39 Å². The van der Waals surface area contributed by atoms with Crippen molar-refractivity contribution >= 4 is 5.91 Å². The summed E-state index contributed by atoms with van der Waals surface area (Å²) in [5, 5.41) is 4.05. The Labute approximate surface area is 146 Å². The molecule has 0 N–H and O–H groups in total. The molecule has 1 aromatic heterocycles. The van der Waals surface area contributed by atoms with Gasteiger partial charge in [-0.2, -0.15) is 4.98 Å². The number of amides is 1. The Balaban J connectivity index is 1.50. The van der Waals surface area contributed by atoms with Crippen LogP contribution in [0.3, 0.4) is 0 Å². The standard InChI is InChI=1S/C19H22FN3O2/c1-12-7-8-13(9-16(12)20)19-21-18(22-25-19)14-10-17(24)23(11-14)15-5-3-2-4-6-15/h7-9,14-15H,2-6,10-11H2,1H3/t14-/m0/s1. The van der Waals surface area contributed by atoms with Gasteiger partial charge in [0, 0.05) is 30.5 Å². The SMILES string of the molecule is Cc1ccc(-c2nc([C@H]3CC(=O)N(C4CCCCC4)C3)no2)cc1F. The number of benzene rings is 1. The Bertz CT molecular complexity index is 783. The smallest absolute Gasteiger partial charge is 0.258 e. The van der Waals surface area contributed by atoms with E-state index in [9.17, 15) is 9.18 Å². The number of hydrogen-bond donors (Lipinski definition) is 0. The summed E-state index contributed by atoms with van der Waals surface area (Å²) in [7, 11) is 0. The molecular formula is C19H22FN3O2. The number of likely N-dealkylation sites (tertiary alicyclic amines) is 1. The summed E-state index contributed by atoms with van der Waals surface area (Å²) >= 11 is 0. The summed E-state index contributed by atoms with van der Waals surface area (Å²) in [4.78, 5) is 18.8. The van der Waals surface area contributed by atoms with Gasteiger partial charge in [0.25, 0.3) is 5.89 Å². The van der Waals surface area contributed by atoms with Gasteiger partial charge in [0.05, 0.1) is 0 Å². The van der Waals surface area contributed by atoms with Crippen LogP contribution in [0.1, 0.15) is 55.8 Å². The van der Waals surface area contributed by atoms with Gasteiger partial charge in [-0.3, -0.25) is 4.79 Å². The highest BCUT2D eigenvalue weighted by Crippen LogP contribution is 2.33. The number of aromatic nitrogens is 2. The van der Waals surface area contributed by atoms with Gasteiger partial charge in [0.1, 0.15) is 5.82 Å². The molecule has 0 radical (unpaired) electrons. The van der Waals surface area contributed by atoms with E-state index in [1.54, 1.807) is 19.1 Å². The molecule has 2 aliphatic rings. The molecule has 1 aromatic carbocycles. The highest BCUT2D eigenvalue weighted by molar-refractivity contribution is 5.80. The number of rotatable bonds is 3. The average Bonchev–Trinajstić information content (AvgIpc) is 3.25. The molecule has 2 heterocycles. The highest BCUT2D eigenvalue weighted by atomic mass is 19.1. The maximum atomic E-state index is 13.7. The Morgan fingerprint density at radius 3 is 2.80 bits per heavy atom. The second kappa shape index (κ2) is 6.58. The van der Waals surface area contributed by atoms with E-state index in [1.807, 2.05) is 4.90 Å². The number of halogens is 1. The lowest BCUT2D eigenvalue weighted by Crippen LogP contribution is -2.37. The molecule has 0 bridgehead atoms. The van der Waals surface area contributed by atoms with Crippen molar-refractivity contribution in [3.05, 3.63) is 35.4 Å². The zero-order valence-electron chi connectivity index (χ0n) is 14.4. The number of aryl methyl sites for hydroxylation is 1. The van der Waals surface area contributed by atoms with Gasteiger partial charge in [0.15, 0.2) is 5.82 Å². The van der Waals surface area contributed by atoms with Crippen LogP contribution in [0, 0.1) is 12.7 Å². The second-order valence-corrected chi connectivity index (χ2v) is 7.16. The van der Waals surface area contributed by atoms with Crippen LogP contribution in [0.2, 0.25) is 0 Å². The molecule has 1 atom stereocenters. The predicted molar refractivity (Wildman–Crippen MR) is 90.4 cm³/mol. The van der Waals surface area contributed by atoms with Crippen LogP contribution in [0.25, 0.3) is 11.5 Å². The minimum absolute atomic E-state index is 0.0396. The van der Waals surface area contributed by atoms with Crippen molar-refractivity contribution < 1.29 is 13.7 Å². The monoisotopic (exact) mass is 343 g/mol. The molecule has 1 saturated carbocycles.